The van der Waals surface area contributed by atoms with E-state index >= 15 is 0 Å². The standard InChI is InChI=1S/C19H27NO4S2/c1-24-17-7-9-18(10-8-17)25-13-19(21)20(15-5-3-2-4-6-15)16-11-12-26(22,23)14-16/h7-10,15-16H,2-6,11-14H2,1H3. The molecule has 26 heavy (non-hydrogen) atoms. The van der Waals surface area contributed by atoms with E-state index in [2.05, 4.69) is 0 Å². The van der Waals surface area contributed by atoms with Gasteiger partial charge in [0.25, 0.3) is 0 Å². The Hall–Kier alpha value is -1.21. The minimum absolute atomic E-state index is 0.0693. The summed E-state index contributed by atoms with van der Waals surface area (Å²) >= 11 is 1.50. The van der Waals surface area contributed by atoms with Crippen molar-refractivity contribution in [3.63, 3.8) is 0 Å². The SMILES string of the molecule is COc1ccc(SCC(=O)N(C2CCCCC2)C2CCS(=O)(=O)C2)cc1. The lowest BCUT2D eigenvalue weighted by molar-refractivity contribution is -0.133. The molecule has 2 fully saturated rings. The van der Waals surface area contributed by atoms with Crippen LogP contribution in [0.25, 0.3) is 0 Å². The smallest absolute Gasteiger partial charge is 0.233 e. The van der Waals surface area contributed by atoms with E-state index in [0.717, 1.165) is 36.3 Å². The van der Waals surface area contributed by atoms with E-state index in [1.54, 1.807) is 7.11 Å². The first kappa shape index (κ1) is 19.5. The molecule has 1 aliphatic carbocycles. The highest BCUT2D eigenvalue weighted by molar-refractivity contribution is 8.00. The number of ether oxygens (including phenoxy) is 1. The Bertz CT molecular complexity index is 712. The lowest BCUT2D eigenvalue weighted by atomic mass is 9.93. The van der Waals surface area contributed by atoms with Crippen LogP contribution >= 0.6 is 11.8 Å². The van der Waals surface area contributed by atoms with Gasteiger partial charge in [0.1, 0.15) is 5.75 Å². The summed E-state index contributed by atoms with van der Waals surface area (Å²) in [6.07, 6.45) is 6.03. The molecule has 1 unspecified atom stereocenters. The predicted molar refractivity (Wildman–Crippen MR) is 104 cm³/mol. The van der Waals surface area contributed by atoms with Crippen LogP contribution in [0.4, 0.5) is 0 Å². The minimum atomic E-state index is -3.00. The van der Waals surface area contributed by atoms with Crippen molar-refractivity contribution in [2.24, 2.45) is 0 Å². The molecule has 1 aromatic carbocycles. The lowest BCUT2D eigenvalue weighted by Crippen LogP contribution is -2.49. The van der Waals surface area contributed by atoms with Crippen molar-refractivity contribution >= 4 is 27.5 Å². The maximum Gasteiger partial charge on any atom is 0.233 e. The van der Waals surface area contributed by atoms with Gasteiger partial charge >= 0.3 is 0 Å². The van der Waals surface area contributed by atoms with Crippen LogP contribution in [-0.2, 0) is 14.6 Å². The second-order valence-electron chi connectivity index (χ2n) is 7.11. The molecule has 1 heterocycles. The number of rotatable bonds is 6. The summed E-state index contributed by atoms with van der Waals surface area (Å²) in [7, 11) is -1.37. The van der Waals surface area contributed by atoms with Gasteiger partial charge in [-0.25, -0.2) is 8.42 Å². The molecule has 1 saturated heterocycles. The van der Waals surface area contributed by atoms with Crippen LogP contribution in [0.1, 0.15) is 38.5 Å². The first-order valence-electron chi connectivity index (χ1n) is 9.27. The van der Waals surface area contributed by atoms with Gasteiger partial charge in [0.05, 0.1) is 24.4 Å². The Kier molecular flexibility index (Phi) is 6.51. The molecule has 0 radical (unpaired) electrons. The van der Waals surface area contributed by atoms with E-state index in [9.17, 15) is 13.2 Å². The van der Waals surface area contributed by atoms with Gasteiger partial charge in [0, 0.05) is 17.0 Å². The number of hydrogen-bond acceptors (Lipinski definition) is 5. The zero-order chi connectivity index (χ0) is 18.6. The maximum atomic E-state index is 13.0. The number of amides is 1. The quantitative estimate of drug-likeness (QED) is 0.690. The molecule has 1 aromatic rings. The molecule has 1 aliphatic heterocycles. The van der Waals surface area contributed by atoms with Gasteiger partial charge in [-0.3, -0.25) is 4.79 Å². The van der Waals surface area contributed by atoms with Crippen molar-refractivity contribution in [2.45, 2.75) is 55.5 Å². The maximum absolute atomic E-state index is 13.0. The van der Waals surface area contributed by atoms with E-state index in [1.165, 1.54) is 18.2 Å². The van der Waals surface area contributed by atoms with Gasteiger partial charge in [0.2, 0.25) is 5.91 Å². The third kappa shape index (κ3) is 4.94. The second kappa shape index (κ2) is 8.65. The van der Waals surface area contributed by atoms with Crippen LogP contribution in [-0.4, -0.2) is 55.7 Å². The summed E-state index contributed by atoms with van der Waals surface area (Å²) in [5.74, 6) is 1.54. The molecule has 5 nitrogen and oxygen atoms in total. The van der Waals surface area contributed by atoms with Gasteiger partial charge in [-0.15, -0.1) is 11.8 Å². The first-order chi connectivity index (χ1) is 12.5. The molecule has 1 amide bonds. The Labute approximate surface area is 160 Å². The van der Waals surface area contributed by atoms with E-state index in [4.69, 9.17) is 4.74 Å². The van der Waals surface area contributed by atoms with Crippen LogP contribution in [0.2, 0.25) is 0 Å². The highest BCUT2D eigenvalue weighted by Gasteiger charge is 2.38. The Morgan fingerprint density at radius 1 is 1.12 bits per heavy atom. The summed E-state index contributed by atoms with van der Waals surface area (Å²) in [4.78, 5) is 16.0. The zero-order valence-corrected chi connectivity index (χ0v) is 16.9. The largest absolute Gasteiger partial charge is 0.497 e. The van der Waals surface area contributed by atoms with Crippen LogP contribution in [0, 0.1) is 0 Å². The highest BCUT2D eigenvalue weighted by Crippen LogP contribution is 2.30. The van der Waals surface area contributed by atoms with Crippen molar-refractivity contribution < 1.29 is 17.9 Å². The van der Waals surface area contributed by atoms with Crippen molar-refractivity contribution in [1.82, 2.24) is 4.90 Å². The Morgan fingerprint density at radius 2 is 1.81 bits per heavy atom. The normalized spacial score (nSPS) is 22.9. The molecule has 1 atom stereocenters. The van der Waals surface area contributed by atoms with Crippen molar-refractivity contribution in [1.29, 1.82) is 0 Å². The molecular formula is C19H27NO4S2. The predicted octanol–water partition coefficient (Wildman–Crippen LogP) is 3.14. The van der Waals surface area contributed by atoms with Crippen molar-refractivity contribution in [3.05, 3.63) is 24.3 Å². The Balaban J connectivity index is 1.67. The van der Waals surface area contributed by atoms with Gasteiger partial charge in [0.15, 0.2) is 9.84 Å². The van der Waals surface area contributed by atoms with Crippen LogP contribution < -0.4 is 4.74 Å². The van der Waals surface area contributed by atoms with Crippen molar-refractivity contribution in [3.8, 4) is 5.75 Å². The van der Waals surface area contributed by atoms with Crippen LogP contribution in [0.15, 0.2) is 29.2 Å². The van der Waals surface area contributed by atoms with E-state index < -0.39 is 9.84 Å². The fraction of sp³-hybridized carbons (Fsp3) is 0.632. The molecule has 1 saturated carbocycles. The summed E-state index contributed by atoms with van der Waals surface area (Å²) in [6, 6.07) is 7.71. The number of thioether (sulfide) groups is 1. The molecule has 7 heteroatoms. The molecule has 0 spiro atoms. The summed E-state index contributed by atoms with van der Waals surface area (Å²) < 4.78 is 29.0. The van der Waals surface area contributed by atoms with Gasteiger partial charge in [-0.1, -0.05) is 19.3 Å². The lowest BCUT2D eigenvalue weighted by Gasteiger charge is -2.38. The topological polar surface area (TPSA) is 63.7 Å². The van der Waals surface area contributed by atoms with Gasteiger partial charge < -0.3 is 9.64 Å². The number of carbonyl (C=O) groups excluding carboxylic acids is 1. The number of carbonyl (C=O) groups is 1. The van der Waals surface area contributed by atoms with Gasteiger partial charge in [-0.2, -0.15) is 0 Å². The number of nitrogens with zero attached hydrogens (tertiary/aromatic N) is 1. The monoisotopic (exact) mass is 397 g/mol. The summed E-state index contributed by atoms with van der Waals surface area (Å²) in [5.41, 5.74) is 0. The molecular weight excluding hydrogens is 370 g/mol. The van der Waals surface area contributed by atoms with E-state index in [-0.39, 0.29) is 29.5 Å². The third-order valence-electron chi connectivity index (χ3n) is 5.28. The summed E-state index contributed by atoms with van der Waals surface area (Å²) in [6.45, 7) is 0. The molecule has 2 aliphatic rings. The fourth-order valence-electron chi connectivity index (χ4n) is 3.95. The molecule has 0 aromatic heterocycles. The third-order valence-corrected chi connectivity index (χ3v) is 8.03. The molecule has 144 valence electrons. The van der Waals surface area contributed by atoms with Crippen molar-refractivity contribution in [2.75, 3.05) is 24.4 Å². The fourth-order valence-corrected chi connectivity index (χ4v) is 6.43. The minimum Gasteiger partial charge on any atom is -0.497 e. The average molecular weight is 398 g/mol. The molecule has 3 rings (SSSR count). The van der Waals surface area contributed by atoms with E-state index in [1.807, 2.05) is 29.2 Å². The molecule has 0 N–H and O–H groups in total. The van der Waals surface area contributed by atoms with E-state index in [0.29, 0.717) is 12.2 Å². The molecule has 0 bridgehead atoms. The van der Waals surface area contributed by atoms with Crippen LogP contribution in [0.5, 0.6) is 5.75 Å². The zero-order valence-electron chi connectivity index (χ0n) is 15.2. The number of sulfone groups is 1. The first-order valence-corrected chi connectivity index (χ1v) is 12.1. The average Bonchev–Trinajstić information content (AvgIpc) is 3.01. The Morgan fingerprint density at radius 3 is 2.38 bits per heavy atom. The number of methoxy groups -OCH3 is 1. The van der Waals surface area contributed by atoms with Gasteiger partial charge in [-0.05, 0) is 43.5 Å². The second-order valence-corrected chi connectivity index (χ2v) is 10.4. The van der Waals surface area contributed by atoms with Crippen LogP contribution in [0.3, 0.4) is 0 Å². The number of hydrogen-bond donors (Lipinski definition) is 0. The highest BCUT2D eigenvalue weighted by atomic mass is 32.2. The summed E-state index contributed by atoms with van der Waals surface area (Å²) in [5, 5.41) is 0. The number of benzene rings is 1.